The highest BCUT2D eigenvalue weighted by atomic mass is 32.2. The first kappa shape index (κ1) is 21.7. The Bertz CT molecular complexity index is 723. The normalized spacial score (nSPS) is 13.5. The monoisotopic (exact) mass is 412 g/mol. The van der Waals surface area contributed by atoms with Crippen molar-refractivity contribution in [3.05, 3.63) is 72.7 Å². The third-order valence-corrected chi connectivity index (χ3v) is 7.19. The van der Waals surface area contributed by atoms with Gasteiger partial charge in [-0.3, -0.25) is 0 Å². The molecule has 0 bridgehead atoms. The lowest BCUT2D eigenvalue weighted by atomic mass is 10.2. The second kappa shape index (κ2) is 10.7. The molecule has 0 radical (unpaired) electrons. The first-order valence-corrected chi connectivity index (χ1v) is 10.7. The summed E-state index contributed by atoms with van der Waals surface area (Å²) in [6, 6.07) is 17.6. The van der Waals surface area contributed by atoms with Crippen LogP contribution in [0, 0.1) is 0 Å². The SMILES string of the molecule is C=CCCCCC=C[S+]1c2ccccc2Sc2ccccc21.F[B-](F)(F)F. The smallest absolute Gasteiger partial charge is 0.418 e. The van der Waals surface area contributed by atoms with Gasteiger partial charge in [-0.25, -0.2) is 0 Å². The summed E-state index contributed by atoms with van der Waals surface area (Å²) in [5.74, 6) is 0. The lowest BCUT2D eigenvalue weighted by molar-refractivity contribution is 0.368. The van der Waals surface area contributed by atoms with Gasteiger partial charge >= 0.3 is 7.25 Å². The fourth-order valence-electron chi connectivity index (χ4n) is 2.53. The zero-order valence-corrected chi connectivity index (χ0v) is 16.4. The molecule has 0 N–H and O–H groups in total. The average Bonchev–Trinajstić information content (AvgIpc) is 2.62. The van der Waals surface area contributed by atoms with E-state index in [2.05, 4.69) is 66.6 Å². The van der Waals surface area contributed by atoms with Gasteiger partial charge in [0.1, 0.15) is 5.41 Å². The van der Waals surface area contributed by atoms with Crippen LogP contribution >= 0.6 is 11.8 Å². The quantitative estimate of drug-likeness (QED) is 0.154. The van der Waals surface area contributed by atoms with E-state index in [0.29, 0.717) is 0 Å². The molecule has 0 amide bonds. The maximum Gasteiger partial charge on any atom is 0.673 e. The largest absolute Gasteiger partial charge is 0.673 e. The molecule has 3 rings (SSSR count). The lowest BCUT2D eigenvalue weighted by Gasteiger charge is -2.16. The molecule has 27 heavy (non-hydrogen) atoms. The van der Waals surface area contributed by atoms with Gasteiger partial charge in [0.15, 0.2) is 9.79 Å². The maximum absolute atomic E-state index is 9.75. The molecule has 0 fully saturated rings. The second-order valence-electron chi connectivity index (χ2n) is 5.77. The molecule has 7 heteroatoms. The third-order valence-electron chi connectivity index (χ3n) is 3.65. The van der Waals surface area contributed by atoms with Crippen LogP contribution in [0.2, 0.25) is 0 Å². The number of hydrogen-bond donors (Lipinski definition) is 0. The van der Waals surface area contributed by atoms with E-state index in [9.17, 15) is 17.3 Å². The zero-order valence-electron chi connectivity index (χ0n) is 14.8. The van der Waals surface area contributed by atoms with Crippen LogP contribution < -0.4 is 0 Å². The molecular weight excluding hydrogens is 391 g/mol. The van der Waals surface area contributed by atoms with Gasteiger partial charge in [-0.15, -0.1) is 6.58 Å². The van der Waals surface area contributed by atoms with Crippen molar-refractivity contribution in [2.24, 2.45) is 0 Å². The third kappa shape index (κ3) is 7.50. The zero-order chi connectivity index (χ0) is 19.7. The summed E-state index contributed by atoms with van der Waals surface area (Å²) in [7, 11) is -5.92. The predicted molar refractivity (Wildman–Crippen MR) is 109 cm³/mol. The molecule has 0 spiro atoms. The van der Waals surface area contributed by atoms with Crippen LogP contribution in [-0.4, -0.2) is 7.25 Å². The number of benzene rings is 2. The standard InChI is InChI=1S/C20H21S2.BF4/c1-2-3-4-5-6-11-16-22-19-14-9-7-12-17(19)21-18-13-8-10-15-20(18)22;2-1(3,4)5/h2,7-16H,1,3-6H2;/q+1;-1. The van der Waals surface area contributed by atoms with Crippen LogP contribution in [0.15, 0.2) is 92.3 Å². The molecule has 0 atom stereocenters. The van der Waals surface area contributed by atoms with E-state index < -0.39 is 7.25 Å². The molecular formula is C20H21BF4S2. The molecule has 0 unspecified atom stereocenters. The topological polar surface area (TPSA) is 0 Å². The van der Waals surface area contributed by atoms with Crippen molar-refractivity contribution in [1.29, 1.82) is 0 Å². The molecule has 1 heterocycles. The Balaban J connectivity index is 0.000000465. The van der Waals surface area contributed by atoms with Crippen molar-refractivity contribution in [2.75, 3.05) is 0 Å². The average molecular weight is 412 g/mol. The van der Waals surface area contributed by atoms with Crippen LogP contribution in [0.25, 0.3) is 0 Å². The molecule has 2 aromatic rings. The fourth-order valence-corrected chi connectivity index (χ4v) is 6.07. The molecule has 0 aliphatic carbocycles. The van der Waals surface area contributed by atoms with Crippen molar-refractivity contribution in [2.45, 2.75) is 45.3 Å². The minimum atomic E-state index is -6.00. The van der Waals surface area contributed by atoms with E-state index in [4.69, 9.17) is 0 Å². The molecule has 144 valence electrons. The Labute approximate surface area is 165 Å². The van der Waals surface area contributed by atoms with Gasteiger partial charge < -0.3 is 17.3 Å². The Hall–Kier alpha value is -1.60. The number of hydrogen-bond acceptors (Lipinski definition) is 1. The van der Waals surface area contributed by atoms with E-state index in [1.54, 1.807) is 0 Å². The first-order valence-electron chi connectivity index (χ1n) is 8.64. The van der Waals surface area contributed by atoms with Gasteiger partial charge in [0, 0.05) is 0 Å². The van der Waals surface area contributed by atoms with E-state index >= 15 is 0 Å². The summed E-state index contributed by atoms with van der Waals surface area (Å²) >= 11 is 1.90. The van der Waals surface area contributed by atoms with Crippen LogP contribution in [0.3, 0.4) is 0 Å². The molecule has 0 saturated heterocycles. The van der Waals surface area contributed by atoms with Crippen molar-refractivity contribution < 1.29 is 17.3 Å². The highest BCUT2D eigenvalue weighted by Crippen LogP contribution is 2.45. The Morgan fingerprint density at radius 3 is 1.85 bits per heavy atom. The minimum absolute atomic E-state index is 0.0767. The fraction of sp³-hybridized carbons (Fsp3) is 0.200. The van der Waals surface area contributed by atoms with Crippen molar-refractivity contribution in [1.82, 2.24) is 0 Å². The molecule has 1 aliphatic heterocycles. The molecule has 1 aliphatic rings. The summed E-state index contributed by atoms with van der Waals surface area (Å²) in [6.45, 7) is 3.78. The van der Waals surface area contributed by atoms with Gasteiger partial charge in [0.2, 0.25) is 0 Å². The van der Waals surface area contributed by atoms with Crippen LogP contribution in [0.1, 0.15) is 25.7 Å². The second-order valence-corrected chi connectivity index (χ2v) is 8.68. The van der Waals surface area contributed by atoms with E-state index in [1.165, 1.54) is 32.4 Å². The summed E-state index contributed by atoms with van der Waals surface area (Å²) < 4.78 is 39.0. The number of unbranched alkanes of at least 4 members (excludes halogenated alkanes) is 3. The first-order chi connectivity index (χ1) is 12.9. The number of allylic oxidation sites excluding steroid dienone is 2. The lowest BCUT2D eigenvalue weighted by Crippen LogP contribution is -2.07. The molecule has 2 aromatic carbocycles. The predicted octanol–water partition coefficient (Wildman–Crippen LogP) is 7.75. The Morgan fingerprint density at radius 1 is 0.852 bits per heavy atom. The van der Waals surface area contributed by atoms with Gasteiger partial charge in [0.25, 0.3) is 0 Å². The van der Waals surface area contributed by atoms with Gasteiger partial charge in [0.05, 0.1) is 20.7 Å². The summed E-state index contributed by atoms with van der Waals surface area (Å²) in [5.41, 5.74) is 0. The van der Waals surface area contributed by atoms with E-state index in [-0.39, 0.29) is 10.9 Å². The van der Waals surface area contributed by atoms with Crippen LogP contribution in [0.4, 0.5) is 17.3 Å². The minimum Gasteiger partial charge on any atom is -0.418 e. The maximum atomic E-state index is 9.75. The van der Waals surface area contributed by atoms with Gasteiger partial charge in [-0.2, -0.15) is 0 Å². The molecule has 0 nitrogen and oxygen atoms in total. The number of halogens is 4. The van der Waals surface area contributed by atoms with Crippen molar-refractivity contribution in [3.63, 3.8) is 0 Å². The number of fused-ring (bicyclic) bond motifs is 2. The molecule has 0 saturated carbocycles. The van der Waals surface area contributed by atoms with Crippen LogP contribution in [0.5, 0.6) is 0 Å². The summed E-state index contributed by atoms with van der Waals surface area (Å²) in [4.78, 5) is 5.74. The summed E-state index contributed by atoms with van der Waals surface area (Å²) in [5, 5.41) is 2.42. The summed E-state index contributed by atoms with van der Waals surface area (Å²) in [6.07, 6.45) is 9.16. The van der Waals surface area contributed by atoms with E-state index in [1.807, 2.05) is 17.8 Å². The van der Waals surface area contributed by atoms with Gasteiger partial charge in [-0.05, 0) is 56.0 Å². The van der Waals surface area contributed by atoms with Crippen molar-refractivity contribution in [3.8, 4) is 0 Å². The van der Waals surface area contributed by atoms with Crippen LogP contribution in [-0.2, 0) is 10.9 Å². The Kier molecular flexibility index (Phi) is 8.57. The highest BCUT2D eigenvalue weighted by Gasteiger charge is 2.33. The number of rotatable bonds is 6. The Morgan fingerprint density at radius 2 is 1.33 bits per heavy atom. The molecule has 0 aromatic heterocycles. The highest BCUT2D eigenvalue weighted by molar-refractivity contribution is 8.05. The van der Waals surface area contributed by atoms with Gasteiger partial charge in [-0.1, -0.05) is 42.1 Å². The van der Waals surface area contributed by atoms with Crippen molar-refractivity contribution >= 4 is 29.9 Å². The van der Waals surface area contributed by atoms with E-state index in [0.717, 1.165) is 12.8 Å².